The summed E-state index contributed by atoms with van der Waals surface area (Å²) in [6, 6.07) is 0. The van der Waals surface area contributed by atoms with E-state index >= 15 is 0 Å². The lowest BCUT2D eigenvalue weighted by molar-refractivity contribution is -0.146. The van der Waals surface area contributed by atoms with Gasteiger partial charge in [0.2, 0.25) is 11.8 Å². The Morgan fingerprint density at radius 2 is 2.00 bits per heavy atom. The minimum atomic E-state index is -0.429. The van der Waals surface area contributed by atoms with Crippen LogP contribution in [-0.4, -0.2) is 54.4 Å². The summed E-state index contributed by atoms with van der Waals surface area (Å²) < 4.78 is 4.54. The molecule has 18 heavy (non-hydrogen) atoms. The van der Waals surface area contributed by atoms with Crippen molar-refractivity contribution in [3.8, 4) is 0 Å². The lowest BCUT2D eigenvalue weighted by Gasteiger charge is -2.20. The fourth-order valence-corrected chi connectivity index (χ4v) is 1.94. The number of hydrogen-bond acceptors (Lipinski definition) is 5. The van der Waals surface area contributed by atoms with Crippen LogP contribution in [0.15, 0.2) is 0 Å². The van der Waals surface area contributed by atoms with Gasteiger partial charge in [0.05, 0.1) is 12.9 Å². The highest BCUT2D eigenvalue weighted by Crippen LogP contribution is 2.05. The maximum absolute atomic E-state index is 11.8. The number of nitrogens with two attached hydrogens (primary N) is 1. The third-order valence-corrected chi connectivity index (χ3v) is 3.08. The van der Waals surface area contributed by atoms with Crippen LogP contribution in [0.5, 0.6) is 0 Å². The summed E-state index contributed by atoms with van der Waals surface area (Å²) >= 11 is 1.31. The summed E-state index contributed by atoms with van der Waals surface area (Å²) in [7, 11) is 1.29. The smallest absolute Gasteiger partial charge is 0.325 e. The summed E-state index contributed by atoms with van der Waals surface area (Å²) in [4.78, 5) is 34.9. The van der Waals surface area contributed by atoms with E-state index in [1.807, 2.05) is 6.92 Å². The number of ether oxygens (including phenoxy) is 1. The molecule has 0 aliphatic rings. The Labute approximate surface area is 111 Å². The van der Waals surface area contributed by atoms with E-state index in [0.717, 1.165) is 6.42 Å². The molecule has 0 unspecified atom stereocenters. The van der Waals surface area contributed by atoms with Crippen molar-refractivity contribution in [2.45, 2.75) is 19.8 Å². The van der Waals surface area contributed by atoms with Crippen molar-refractivity contribution in [3.05, 3.63) is 0 Å². The van der Waals surface area contributed by atoms with Gasteiger partial charge in [-0.1, -0.05) is 6.92 Å². The minimum absolute atomic E-state index is 0.0241. The van der Waals surface area contributed by atoms with E-state index in [1.54, 1.807) is 0 Å². The molecule has 0 spiro atoms. The Morgan fingerprint density at radius 1 is 1.33 bits per heavy atom. The zero-order chi connectivity index (χ0) is 14.0. The van der Waals surface area contributed by atoms with Crippen molar-refractivity contribution in [2.24, 2.45) is 5.73 Å². The van der Waals surface area contributed by atoms with Crippen LogP contribution in [0.4, 0.5) is 0 Å². The zero-order valence-electron chi connectivity index (χ0n) is 10.8. The molecular formula is C11H20N2O4S. The SMILES string of the molecule is CCCN(CC(=O)OC)C(=O)CCSCC(N)=O. The third-order valence-electron chi connectivity index (χ3n) is 2.10. The summed E-state index contributed by atoms with van der Waals surface area (Å²) in [5.41, 5.74) is 4.98. The molecule has 0 saturated carbocycles. The molecule has 0 aliphatic heterocycles. The number of esters is 1. The van der Waals surface area contributed by atoms with E-state index in [1.165, 1.54) is 23.8 Å². The summed E-state index contributed by atoms with van der Waals surface area (Å²) in [6.45, 7) is 2.43. The fraction of sp³-hybridized carbons (Fsp3) is 0.727. The second kappa shape index (κ2) is 9.76. The van der Waals surface area contributed by atoms with E-state index in [4.69, 9.17) is 5.73 Å². The van der Waals surface area contributed by atoms with Crippen molar-refractivity contribution in [1.29, 1.82) is 0 Å². The molecule has 2 N–H and O–H groups in total. The maximum Gasteiger partial charge on any atom is 0.325 e. The third kappa shape index (κ3) is 7.94. The van der Waals surface area contributed by atoms with Gasteiger partial charge in [-0.15, -0.1) is 0 Å². The van der Waals surface area contributed by atoms with Crippen molar-refractivity contribution in [3.63, 3.8) is 0 Å². The predicted octanol–water partition coefficient (Wildman–Crippen LogP) is 0.00660. The largest absolute Gasteiger partial charge is 0.468 e. The predicted molar refractivity (Wildman–Crippen MR) is 70.0 cm³/mol. The molecule has 2 amide bonds. The van der Waals surface area contributed by atoms with Gasteiger partial charge in [0, 0.05) is 18.7 Å². The van der Waals surface area contributed by atoms with E-state index < -0.39 is 11.9 Å². The van der Waals surface area contributed by atoms with Crippen LogP contribution in [0.3, 0.4) is 0 Å². The minimum Gasteiger partial charge on any atom is -0.468 e. The number of amides is 2. The number of hydrogen-bond donors (Lipinski definition) is 1. The maximum atomic E-state index is 11.8. The van der Waals surface area contributed by atoms with Crippen molar-refractivity contribution >= 4 is 29.5 Å². The molecule has 0 fully saturated rings. The van der Waals surface area contributed by atoms with Crippen LogP contribution in [0.1, 0.15) is 19.8 Å². The number of primary amides is 1. The summed E-state index contributed by atoms with van der Waals surface area (Å²) in [6.07, 6.45) is 1.06. The fourth-order valence-electron chi connectivity index (χ4n) is 1.27. The number of nitrogens with zero attached hydrogens (tertiary/aromatic N) is 1. The van der Waals surface area contributed by atoms with Gasteiger partial charge < -0.3 is 15.4 Å². The van der Waals surface area contributed by atoms with Gasteiger partial charge in [-0.25, -0.2) is 0 Å². The highest BCUT2D eigenvalue weighted by Gasteiger charge is 2.16. The summed E-state index contributed by atoms with van der Waals surface area (Å²) in [5.74, 6) is -0.213. The van der Waals surface area contributed by atoms with Gasteiger partial charge >= 0.3 is 5.97 Å². The average Bonchev–Trinajstić information content (AvgIpc) is 2.33. The molecule has 0 heterocycles. The van der Waals surface area contributed by atoms with Gasteiger partial charge in [-0.05, 0) is 6.42 Å². The summed E-state index contributed by atoms with van der Waals surface area (Å²) in [5, 5.41) is 0. The van der Waals surface area contributed by atoms with Crippen LogP contribution >= 0.6 is 11.8 Å². The normalized spacial score (nSPS) is 9.89. The first-order valence-electron chi connectivity index (χ1n) is 5.71. The van der Waals surface area contributed by atoms with Gasteiger partial charge in [0.25, 0.3) is 0 Å². The molecule has 7 heteroatoms. The van der Waals surface area contributed by atoms with Gasteiger partial charge in [0.1, 0.15) is 6.54 Å². The molecule has 0 aliphatic carbocycles. The number of rotatable bonds is 9. The monoisotopic (exact) mass is 276 g/mol. The zero-order valence-corrected chi connectivity index (χ0v) is 11.6. The van der Waals surface area contributed by atoms with Crippen LogP contribution in [0.25, 0.3) is 0 Å². The molecule has 104 valence electrons. The second-order valence-electron chi connectivity index (χ2n) is 3.66. The Hall–Kier alpha value is -1.24. The first kappa shape index (κ1) is 16.8. The number of carbonyl (C=O) groups excluding carboxylic acids is 3. The van der Waals surface area contributed by atoms with E-state index in [9.17, 15) is 14.4 Å². The Bertz CT molecular complexity index is 297. The van der Waals surface area contributed by atoms with Crippen LogP contribution in [0, 0.1) is 0 Å². The van der Waals surface area contributed by atoms with Crippen molar-refractivity contribution in [2.75, 3.05) is 31.7 Å². The molecule has 0 aromatic heterocycles. The van der Waals surface area contributed by atoms with Gasteiger partial charge in [-0.3, -0.25) is 14.4 Å². The van der Waals surface area contributed by atoms with Crippen LogP contribution in [0.2, 0.25) is 0 Å². The van der Waals surface area contributed by atoms with E-state index in [2.05, 4.69) is 4.74 Å². The lowest BCUT2D eigenvalue weighted by Crippen LogP contribution is -2.37. The molecule has 0 aromatic carbocycles. The molecule has 0 rings (SSSR count). The van der Waals surface area contributed by atoms with Crippen LogP contribution in [-0.2, 0) is 19.1 Å². The topological polar surface area (TPSA) is 89.7 Å². The first-order chi connectivity index (χ1) is 8.51. The first-order valence-corrected chi connectivity index (χ1v) is 6.87. The molecule has 6 nitrogen and oxygen atoms in total. The Kier molecular flexibility index (Phi) is 9.08. The standard InChI is InChI=1S/C11H20N2O4S/c1-3-5-13(7-11(16)17-2)10(15)4-6-18-8-9(12)14/h3-8H2,1-2H3,(H2,12,14). The number of carbonyl (C=O) groups is 3. The molecule has 0 saturated heterocycles. The van der Waals surface area contributed by atoms with Crippen molar-refractivity contribution in [1.82, 2.24) is 4.90 Å². The number of methoxy groups -OCH3 is 1. The quantitative estimate of drug-likeness (QED) is 0.473. The molecule has 0 atom stereocenters. The lowest BCUT2D eigenvalue weighted by atomic mass is 10.3. The molecule has 0 bridgehead atoms. The van der Waals surface area contributed by atoms with E-state index in [-0.39, 0.29) is 24.6 Å². The van der Waals surface area contributed by atoms with E-state index in [0.29, 0.717) is 12.3 Å². The van der Waals surface area contributed by atoms with Crippen LogP contribution < -0.4 is 5.73 Å². The highest BCUT2D eigenvalue weighted by molar-refractivity contribution is 7.99. The Balaban J connectivity index is 4.05. The second-order valence-corrected chi connectivity index (χ2v) is 4.77. The average molecular weight is 276 g/mol. The molecular weight excluding hydrogens is 256 g/mol. The van der Waals surface area contributed by atoms with Crippen molar-refractivity contribution < 1.29 is 19.1 Å². The number of thioether (sulfide) groups is 1. The Morgan fingerprint density at radius 3 is 2.50 bits per heavy atom. The highest BCUT2D eigenvalue weighted by atomic mass is 32.2. The van der Waals surface area contributed by atoms with Gasteiger partial charge in [0.15, 0.2) is 0 Å². The van der Waals surface area contributed by atoms with Gasteiger partial charge in [-0.2, -0.15) is 11.8 Å². The molecule has 0 aromatic rings. The molecule has 0 radical (unpaired) electrons.